The smallest absolute Gasteiger partial charge is 0.251 e. The summed E-state index contributed by atoms with van der Waals surface area (Å²) in [6.07, 6.45) is 1.52. The van der Waals surface area contributed by atoms with Crippen LogP contribution < -0.4 is 10.0 Å². The van der Waals surface area contributed by atoms with Crippen LogP contribution in [0.2, 0.25) is 0 Å². The molecule has 1 fully saturated rings. The van der Waals surface area contributed by atoms with Crippen molar-refractivity contribution in [1.82, 2.24) is 10.0 Å². The molecule has 1 saturated carbocycles. The first-order valence-corrected chi connectivity index (χ1v) is 8.38. The fraction of sp³-hybridized carbons (Fsp3) is 0.500. The molecule has 0 aromatic heterocycles. The standard InChI is InChI=1S/C14H19FN2O3S/c1-9(2)8-16-14(18)10-3-6-12(15)13(7-10)21(19,20)17-11-4-5-11/h3,6-7,9,11,17H,4-5,8H2,1-2H3,(H,16,18). The maximum atomic E-state index is 13.8. The first-order valence-electron chi connectivity index (χ1n) is 6.89. The van der Waals surface area contributed by atoms with Crippen LogP contribution in [0.15, 0.2) is 23.1 Å². The Kier molecular flexibility index (Phi) is 4.63. The van der Waals surface area contributed by atoms with Crippen molar-refractivity contribution in [1.29, 1.82) is 0 Å². The van der Waals surface area contributed by atoms with Crippen LogP contribution in [-0.4, -0.2) is 26.9 Å². The number of hydrogen-bond donors (Lipinski definition) is 2. The highest BCUT2D eigenvalue weighted by atomic mass is 32.2. The van der Waals surface area contributed by atoms with Crippen LogP contribution in [0, 0.1) is 11.7 Å². The van der Waals surface area contributed by atoms with E-state index < -0.39 is 26.6 Å². The fourth-order valence-electron chi connectivity index (χ4n) is 1.73. The minimum Gasteiger partial charge on any atom is -0.352 e. The highest BCUT2D eigenvalue weighted by Gasteiger charge is 2.30. The van der Waals surface area contributed by atoms with Gasteiger partial charge in [0.2, 0.25) is 10.0 Å². The van der Waals surface area contributed by atoms with E-state index in [-0.39, 0.29) is 17.5 Å². The maximum absolute atomic E-state index is 13.8. The van der Waals surface area contributed by atoms with Crippen molar-refractivity contribution in [2.24, 2.45) is 5.92 Å². The van der Waals surface area contributed by atoms with Gasteiger partial charge in [-0.3, -0.25) is 4.79 Å². The number of halogens is 1. The molecule has 0 radical (unpaired) electrons. The number of amides is 1. The molecule has 2 rings (SSSR count). The molecule has 1 amide bonds. The highest BCUT2D eigenvalue weighted by Crippen LogP contribution is 2.24. The molecule has 5 nitrogen and oxygen atoms in total. The molecule has 0 bridgehead atoms. The normalized spacial score (nSPS) is 15.2. The number of carbonyl (C=O) groups excluding carboxylic acids is 1. The highest BCUT2D eigenvalue weighted by molar-refractivity contribution is 7.89. The molecule has 0 spiro atoms. The Morgan fingerprint density at radius 3 is 2.62 bits per heavy atom. The van der Waals surface area contributed by atoms with Gasteiger partial charge < -0.3 is 5.32 Å². The summed E-state index contributed by atoms with van der Waals surface area (Å²) >= 11 is 0. The van der Waals surface area contributed by atoms with Gasteiger partial charge in [-0.25, -0.2) is 17.5 Å². The lowest BCUT2D eigenvalue weighted by Gasteiger charge is -2.10. The molecule has 0 aliphatic heterocycles. The molecule has 1 aliphatic rings. The third-order valence-electron chi connectivity index (χ3n) is 3.05. The summed E-state index contributed by atoms with van der Waals surface area (Å²) in [6.45, 7) is 4.36. The molecule has 21 heavy (non-hydrogen) atoms. The van der Waals surface area contributed by atoms with Gasteiger partial charge >= 0.3 is 0 Å². The summed E-state index contributed by atoms with van der Waals surface area (Å²) in [5.41, 5.74) is 0.133. The first kappa shape index (κ1) is 15.9. The second kappa shape index (κ2) is 6.11. The second-order valence-electron chi connectivity index (χ2n) is 5.64. The summed E-state index contributed by atoms with van der Waals surface area (Å²) < 4.78 is 40.3. The quantitative estimate of drug-likeness (QED) is 0.838. The van der Waals surface area contributed by atoms with Gasteiger partial charge in [0, 0.05) is 18.2 Å². The Bertz CT molecular complexity index is 640. The van der Waals surface area contributed by atoms with E-state index in [2.05, 4.69) is 10.0 Å². The van der Waals surface area contributed by atoms with Gasteiger partial charge in [-0.15, -0.1) is 0 Å². The maximum Gasteiger partial charge on any atom is 0.251 e. The third-order valence-corrected chi connectivity index (χ3v) is 4.59. The van der Waals surface area contributed by atoms with Crippen molar-refractivity contribution >= 4 is 15.9 Å². The molecule has 116 valence electrons. The zero-order chi connectivity index (χ0) is 15.6. The van der Waals surface area contributed by atoms with E-state index in [1.807, 2.05) is 13.8 Å². The SMILES string of the molecule is CC(C)CNC(=O)c1ccc(F)c(S(=O)(=O)NC2CC2)c1. The van der Waals surface area contributed by atoms with E-state index in [4.69, 9.17) is 0 Å². The number of hydrogen-bond acceptors (Lipinski definition) is 3. The minimum atomic E-state index is -3.92. The lowest BCUT2D eigenvalue weighted by molar-refractivity contribution is 0.0948. The first-order chi connectivity index (χ1) is 9.79. The van der Waals surface area contributed by atoms with E-state index in [0.717, 1.165) is 25.0 Å². The van der Waals surface area contributed by atoms with E-state index in [9.17, 15) is 17.6 Å². The molecule has 1 aliphatic carbocycles. The average molecular weight is 314 g/mol. The van der Waals surface area contributed by atoms with Gasteiger partial charge in [0.25, 0.3) is 5.91 Å². The van der Waals surface area contributed by atoms with Gasteiger partial charge in [0.1, 0.15) is 10.7 Å². The summed E-state index contributed by atoms with van der Waals surface area (Å²) in [4.78, 5) is 11.4. The van der Waals surface area contributed by atoms with Crippen molar-refractivity contribution < 1.29 is 17.6 Å². The van der Waals surface area contributed by atoms with Gasteiger partial charge in [-0.2, -0.15) is 0 Å². The molecule has 7 heteroatoms. The lowest BCUT2D eigenvalue weighted by atomic mass is 10.2. The number of sulfonamides is 1. The second-order valence-corrected chi connectivity index (χ2v) is 7.33. The van der Waals surface area contributed by atoms with Crippen LogP contribution in [0.5, 0.6) is 0 Å². The topological polar surface area (TPSA) is 75.3 Å². The van der Waals surface area contributed by atoms with E-state index in [1.54, 1.807) is 0 Å². The fourth-order valence-corrected chi connectivity index (χ4v) is 3.14. The summed E-state index contributed by atoms with van der Waals surface area (Å²) in [7, 11) is -3.92. The third kappa shape index (κ3) is 4.25. The van der Waals surface area contributed by atoms with E-state index >= 15 is 0 Å². The van der Waals surface area contributed by atoms with Crippen LogP contribution in [0.1, 0.15) is 37.0 Å². The lowest BCUT2D eigenvalue weighted by Crippen LogP contribution is -2.29. The zero-order valence-electron chi connectivity index (χ0n) is 12.0. The summed E-state index contributed by atoms with van der Waals surface area (Å²) in [6, 6.07) is 3.25. The molecule has 0 saturated heterocycles. The Balaban J connectivity index is 2.22. The number of carbonyl (C=O) groups is 1. The van der Waals surface area contributed by atoms with Crippen molar-refractivity contribution in [2.75, 3.05) is 6.54 Å². The number of rotatable bonds is 6. The Morgan fingerprint density at radius 1 is 1.38 bits per heavy atom. The molecular weight excluding hydrogens is 295 g/mol. The summed E-state index contributed by atoms with van der Waals surface area (Å²) in [5.74, 6) is -0.996. The molecular formula is C14H19FN2O3S. The van der Waals surface area contributed by atoms with E-state index in [0.29, 0.717) is 6.54 Å². The van der Waals surface area contributed by atoms with Crippen molar-refractivity contribution in [3.8, 4) is 0 Å². The van der Waals surface area contributed by atoms with Crippen molar-refractivity contribution in [2.45, 2.75) is 37.6 Å². The Labute approximate surface area is 124 Å². The average Bonchev–Trinajstić information content (AvgIpc) is 3.19. The van der Waals surface area contributed by atoms with Crippen LogP contribution in [0.25, 0.3) is 0 Å². The number of nitrogens with one attached hydrogen (secondary N) is 2. The van der Waals surface area contributed by atoms with Gasteiger partial charge in [-0.1, -0.05) is 13.8 Å². The van der Waals surface area contributed by atoms with E-state index in [1.165, 1.54) is 6.07 Å². The molecule has 2 N–H and O–H groups in total. The van der Waals surface area contributed by atoms with Crippen molar-refractivity contribution in [3.63, 3.8) is 0 Å². The molecule has 0 atom stereocenters. The summed E-state index contributed by atoms with van der Waals surface area (Å²) in [5, 5.41) is 2.67. The van der Waals surface area contributed by atoms with Gasteiger partial charge in [0.05, 0.1) is 0 Å². The minimum absolute atomic E-state index is 0.118. The van der Waals surface area contributed by atoms with Gasteiger partial charge in [0.15, 0.2) is 0 Å². The Hall–Kier alpha value is -1.47. The molecule has 1 aromatic carbocycles. The molecule has 0 heterocycles. The van der Waals surface area contributed by atoms with Crippen LogP contribution in [-0.2, 0) is 10.0 Å². The van der Waals surface area contributed by atoms with Crippen LogP contribution >= 0.6 is 0 Å². The Morgan fingerprint density at radius 2 is 2.05 bits per heavy atom. The van der Waals surface area contributed by atoms with Crippen LogP contribution in [0.4, 0.5) is 4.39 Å². The molecule has 0 unspecified atom stereocenters. The predicted molar refractivity (Wildman–Crippen MR) is 76.9 cm³/mol. The molecule has 1 aromatic rings. The van der Waals surface area contributed by atoms with Crippen LogP contribution in [0.3, 0.4) is 0 Å². The van der Waals surface area contributed by atoms with Gasteiger partial charge in [-0.05, 0) is 37.0 Å². The zero-order valence-corrected chi connectivity index (χ0v) is 12.8. The largest absolute Gasteiger partial charge is 0.352 e. The van der Waals surface area contributed by atoms with Crippen molar-refractivity contribution in [3.05, 3.63) is 29.6 Å². The number of benzene rings is 1. The predicted octanol–water partition coefficient (Wildman–Crippen LogP) is 1.65. The monoisotopic (exact) mass is 314 g/mol.